The molecule has 3 nitrogen and oxygen atoms in total. The molecule has 2 aromatic rings. The molecule has 4 heteroatoms. The first-order valence-electron chi connectivity index (χ1n) is 7.79. The van der Waals surface area contributed by atoms with Crippen molar-refractivity contribution >= 4 is 32.6 Å². The van der Waals surface area contributed by atoms with Crippen LogP contribution in [0.15, 0.2) is 40.9 Å². The van der Waals surface area contributed by atoms with Crippen molar-refractivity contribution in [2.24, 2.45) is 0 Å². The summed E-state index contributed by atoms with van der Waals surface area (Å²) in [7, 11) is 0. The summed E-state index contributed by atoms with van der Waals surface area (Å²) in [5.74, 6) is 0.802. The van der Waals surface area contributed by atoms with Gasteiger partial charge in [-0.05, 0) is 59.0 Å². The molecule has 1 amide bonds. The van der Waals surface area contributed by atoms with E-state index in [1.165, 1.54) is 6.42 Å². The van der Waals surface area contributed by atoms with Crippen molar-refractivity contribution in [1.82, 2.24) is 4.90 Å². The highest BCUT2D eigenvalue weighted by molar-refractivity contribution is 9.10. The van der Waals surface area contributed by atoms with Gasteiger partial charge in [-0.3, -0.25) is 4.79 Å². The second kappa shape index (κ2) is 6.69. The van der Waals surface area contributed by atoms with Crippen molar-refractivity contribution in [2.75, 3.05) is 13.1 Å². The Balaban J connectivity index is 1.77. The summed E-state index contributed by atoms with van der Waals surface area (Å²) in [5, 5.41) is 2.24. The maximum Gasteiger partial charge on any atom is 0.263 e. The van der Waals surface area contributed by atoms with Gasteiger partial charge in [-0.1, -0.05) is 30.3 Å². The van der Waals surface area contributed by atoms with Crippen molar-refractivity contribution in [3.8, 4) is 5.75 Å². The van der Waals surface area contributed by atoms with E-state index in [1.54, 1.807) is 0 Å². The predicted octanol–water partition coefficient (Wildman–Crippen LogP) is 4.38. The van der Waals surface area contributed by atoms with Gasteiger partial charge < -0.3 is 9.64 Å². The van der Waals surface area contributed by atoms with Gasteiger partial charge in [0.25, 0.3) is 5.91 Å². The molecule has 1 saturated heterocycles. The third-order valence-electron chi connectivity index (χ3n) is 4.15. The van der Waals surface area contributed by atoms with Crippen LogP contribution in [0.1, 0.15) is 26.2 Å². The standard InChI is InChI=1S/C18H20BrNO2/c1-13(18(21)20-11-5-2-6-12-20)22-16-10-9-14-7-3-4-8-15(14)17(16)19/h3-4,7-10,13H,2,5-6,11-12H2,1H3/t13-/m0/s1. The Morgan fingerprint density at radius 1 is 1.14 bits per heavy atom. The highest BCUT2D eigenvalue weighted by Gasteiger charge is 2.24. The summed E-state index contributed by atoms with van der Waals surface area (Å²) in [6, 6.07) is 12.1. The van der Waals surface area contributed by atoms with Gasteiger partial charge in [0.2, 0.25) is 0 Å². The van der Waals surface area contributed by atoms with E-state index in [0.29, 0.717) is 0 Å². The van der Waals surface area contributed by atoms with Gasteiger partial charge in [0.05, 0.1) is 4.47 Å². The van der Waals surface area contributed by atoms with E-state index in [4.69, 9.17) is 4.74 Å². The van der Waals surface area contributed by atoms with E-state index in [1.807, 2.05) is 42.2 Å². The Labute approximate surface area is 139 Å². The second-order valence-corrected chi connectivity index (χ2v) is 6.54. The molecule has 1 heterocycles. The van der Waals surface area contributed by atoms with Gasteiger partial charge in [-0.15, -0.1) is 0 Å². The summed E-state index contributed by atoms with van der Waals surface area (Å²) in [6.45, 7) is 3.54. The second-order valence-electron chi connectivity index (χ2n) is 5.74. The van der Waals surface area contributed by atoms with Crippen LogP contribution in [0.5, 0.6) is 5.75 Å². The Morgan fingerprint density at radius 3 is 2.64 bits per heavy atom. The summed E-state index contributed by atoms with van der Waals surface area (Å²) in [6.07, 6.45) is 2.95. The predicted molar refractivity (Wildman–Crippen MR) is 92.2 cm³/mol. The molecular weight excluding hydrogens is 342 g/mol. The van der Waals surface area contributed by atoms with Crippen molar-refractivity contribution in [3.63, 3.8) is 0 Å². The quantitative estimate of drug-likeness (QED) is 0.811. The fourth-order valence-electron chi connectivity index (χ4n) is 2.92. The molecule has 0 spiro atoms. The lowest BCUT2D eigenvalue weighted by molar-refractivity contribution is -0.138. The molecule has 3 rings (SSSR count). The van der Waals surface area contributed by atoms with Gasteiger partial charge in [0, 0.05) is 13.1 Å². The molecule has 0 saturated carbocycles. The number of carbonyl (C=O) groups is 1. The van der Waals surface area contributed by atoms with E-state index >= 15 is 0 Å². The number of likely N-dealkylation sites (tertiary alicyclic amines) is 1. The highest BCUT2D eigenvalue weighted by Crippen LogP contribution is 2.33. The van der Waals surface area contributed by atoms with E-state index in [-0.39, 0.29) is 5.91 Å². The number of rotatable bonds is 3. The lowest BCUT2D eigenvalue weighted by Gasteiger charge is -2.29. The molecule has 1 atom stereocenters. The molecule has 0 aliphatic carbocycles. The average molecular weight is 362 g/mol. The SMILES string of the molecule is C[C@H](Oc1ccc2ccccc2c1Br)C(=O)N1CCCCC1. The smallest absolute Gasteiger partial charge is 0.263 e. The topological polar surface area (TPSA) is 29.5 Å². The number of amides is 1. The number of nitrogens with zero attached hydrogens (tertiary/aromatic N) is 1. The van der Waals surface area contributed by atoms with E-state index < -0.39 is 6.10 Å². The molecule has 1 aliphatic rings. The normalized spacial score (nSPS) is 16.5. The largest absolute Gasteiger partial charge is 0.480 e. The Kier molecular flexibility index (Phi) is 4.67. The van der Waals surface area contributed by atoms with Crippen molar-refractivity contribution in [1.29, 1.82) is 0 Å². The Morgan fingerprint density at radius 2 is 1.86 bits per heavy atom. The van der Waals surface area contributed by atoms with Gasteiger partial charge in [0.15, 0.2) is 6.10 Å². The van der Waals surface area contributed by atoms with Crippen LogP contribution in [0, 0.1) is 0 Å². The van der Waals surface area contributed by atoms with Crippen LogP contribution in [0.2, 0.25) is 0 Å². The summed E-state index contributed by atoms with van der Waals surface area (Å²) in [5.41, 5.74) is 0. The number of halogens is 1. The lowest BCUT2D eigenvalue weighted by atomic mass is 10.1. The van der Waals surface area contributed by atoms with E-state index in [9.17, 15) is 4.79 Å². The third kappa shape index (κ3) is 3.12. The summed E-state index contributed by atoms with van der Waals surface area (Å²) >= 11 is 3.61. The number of hydrogen-bond donors (Lipinski definition) is 0. The van der Waals surface area contributed by atoms with Crippen LogP contribution >= 0.6 is 15.9 Å². The number of fused-ring (bicyclic) bond motifs is 1. The van der Waals surface area contributed by atoms with Gasteiger partial charge in [-0.25, -0.2) is 0 Å². The van der Waals surface area contributed by atoms with Crippen LogP contribution in [-0.2, 0) is 4.79 Å². The summed E-state index contributed by atoms with van der Waals surface area (Å²) < 4.78 is 6.84. The average Bonchev–Trinajstić information content (AvgIpc) is 2.57. The van der Waals surface area contributed by atoms with Gasteiger partial charge in [-0.2, -0.15) is 0 Å². The fourth-order valence-corrected chi connectivity index (χ4v) is 3.50. The molecule has 0 radical (unpaired) electrons. The number of carbonyl (C=O) groups excluding carboxylic acids is 1. The zero-order valence-corrected chi connectivity index (χ0v) is 14.3. The highest BCUT2D eigenvalue weighted by atomic mass is 79.9. The minimum Gasteiger partial charge on any atom is -0.480 e. The molecule has 0 N–H and O–H groups in total. The monoisotopic (exact) mass is 361 g/mol. The Hall–Kier alpha value is -1.55. The minimum atomic E-state index is -0.462. The van der Waals surface area contributed by atoms with Gasteiger partial charge >= 0.3 is 0 Å². The molecule has 116 valence electrons. The van der Waals surface area contributed by atoms with Crippen molar-refractivity contribution < 1.29 is 9.53 Å². The number of ether oxygens (including phenoxy) is 1. The first kappa shape index (κ1) is 15.3. The molecule has 0 unspecified atom stereocenters. The van der Waals surface area contributed by atoms with Crippen LogP contribution in [0.4, 0.5) is 0 Å². The van der Waals surface area contributed by atoms with Crippen LogP contribution in [-0.4, -0.2) is 30.0 Å². The fraction of sp³-hybridized carbons (Fsp3) is 0.389. The maximum absolute atomic E-state index is 12.5. The molecule has 22 heavy (non-hydrogen) atoms. The third-order valence-corrected chi connectivity index (χ3v) is 4.97. The summed E-state index contributed by atoms with van der Waals surface area (Å²) in [4.78, 5) is 14.4. The van der Waals surface area contributed by atoms with Crippen LogP contribution in [0.3, 0.4) is 0 Å². The van der Waals surface area contributed by atoms with Crippen LogP contribution in [0.25, 0.3) is 10.8 Å². The molecule has 0 aromatic heterocycles. The van der Waals surface area contributed by atoms with E-state index in [2.05, 4.69) is 22.0 Å². The van der Waals surface area contributed by atoms with Crippen molar-refractivity contribution in [2.45, 2.75) is 32.3 Å². The molecular formula is C18H20BrNO2. The molecule has 1 fully saturated rings. The zero-order valence-electron chi connectivity index (χ0n) is 12.7. The molecule has 1 aliphatic heterocycles. The van der Waals surface area contributed by atoms with Crippen LogP contribution < -0.4 is 4.74 Å². The zero-order chi connectivity index (χ0) is 15.5. The Bertz CT molecular complexity index is 680. The number of piperidine rings is 1. The molecule has 0 bridgehead atoms. The van der Waals surface area contributed by atoms with Crippen molar-refractivity contribution in [3.05, 3.63) is 40.9 Å². The number of hydrogen-bond acceptors (Lipinski definition) is 2. The first-order chi connectivity index (χ1) is 10.7. The first-order valence-corrected chi connectivity index (χ1v) is 8.59. The molecule has 2 aromatic carbocycles. The number of benzene rings is 2. The minimum absolute atomic E-state index is 0.0831. The lowest BCUT2D eigenvalue weighted by Crippen LogP contribution is -2.43. The van der Waals surface area contributed by atoms with E-state index in [0.717, 1.165) is 46.9 Å². The van der Waals surface area contributed by atoms with Gasteiger partial charge in [0.1, 0.15) is 5.75 Å². The maximum atomic E-state index is 12.5.